The lowest BCUT2D eigenvalue weighted by Crippen LogP contribution is -2.49. The van der Waals surface area contributed by atoms with E-state index in [1.54, 1.807) is 5.70 Å². The normalized spacial score (nSPS) is 12.6. The second-order valence-corrected chi connectivity index (χ2v) is 12.5. The second-order valence-electron chi connectivity index (χ2n) is 10.2. The van der Waals surface area contributed by atoms with E-state index < -0.39 is 20.0 Å². The van der Waals surface area contributed by atoms with Crippen molar-refractivity contribution in [2.24, 2.45) is 0 Å². The first kappa shape index (κ1) is 31.2. The van der Waals surface area contributed by atoms with Crippen LogP contribution in [0.4, 0.5) is 0 Å². The summed E-state index contributed by atoms with van der Waals surface area (Å²) in [4.78, 5) is 11.5. The first-order chi connectivity index (χ1) is 16.2. The van der Waals surface area contributed by atoms with Crippen LogP contribution in [0.1, 0.15) is 80.4 Å². The van der Waals surface area contributed by atoms with Crippen LogP contribution in [-0.2, 0) is 34.3 Å². The summed E-state index contributed by atoms with van der Waals surface area (Å²) >= 11 is 0. The monoisotopic (exact) mass is 502 g/mol. The van der Waals surface area contributed by atoms with Crippen molar-refractivity contribution in [2.45, 2.75) is 98.8 Å². The Morgan fingerprint density at radius 3 is 1.11 bits per heavy atom. The van der Waals surface area contributed by atoms with E-state index in [1.165, 1.54) is 0 Å². The Balaban J connectivity index is 0.000000367. The quantitative estimate of drug-likeness (QED) is 0.169. The largest absolute Gasteiger partial charge is 0.529 e. The molecule has 196 valence electrons. The summed E-state index contributed by atoms with van der Waals surface area (Å²) in [5, 5.41) is 0. The van der Waals surface area contributed by atoms with Crippen LogP contribution in [0.5, 0.6) is 0 Å². The fourth-order valence-electron chi connectivity index (χ4n) is 3.20. The Bertz CT molecular complexity index is 770. The maximum absolute atomic E-state index is 5.79. The van der Waals surface area contributed by atoms with Gasteiger partial charge in [0.25, 0.3) is 0 Å². The van der Waals surface area contributed by atoms with Gasteiger partial charge in [0.2, 0.25) is 0 Å². The molecule has 5 nitrogen and oxygen atoms in total. The summed E-state index contributed by atoms with van der Waals surface area (Å²) in [6.45, 7) is 23.6. The molecule has 0 atom stereocenters. The van der Waals surface area contributed by atoms with Crippen molar-refractivity contribution >= 4 is 8.80 Å². The fraction of sp³-hybridized carbons (Fsp3) is 0.517. The summed E-state index contributed by atoms with van der Waals surface area (Å²) in [5.41, 5.74) is 2.89. The molecule has 0 bridgehead atoms. The molecule has 0 radical (unpaired) electrons. The van der Waals surface area contributed by atoms with Crippen LogP contribution in [0.3, 0.4) is 0 Å². The molecule has 0 spiro atoms. The summed E-state index contributed by atoms with van der Waals surface area (Å²) in [6.07, 6.45) is 0.228. The summed E-state index contributed by atoms with van der Waals surface area (Å²) in [5.74, 6) is 0. The van der Waals surface area contributed by atoms with Gasteiger partial charge < -0.3 is 13.3 Å². The predicted molar refractivity (Wildman–Crippen MR) is 146 cm³/mol. The molecule has 0 fully saturated rings. The Morgan fingerprint density at radius 2 is 0.886 bits per heavy atom. The Labute approximate surface area is 214 Å². The molecule has 0 aliphatic carbocycles. The van der Waals surface area contributed by atoms with Gasteiger partial charge in [-0.1, -0.05) is 67.2 Å². The van der Waals surface area contributed by atoms with E-state index in [4.69, 9.17) is 23.1 Å². The molecular weight excluding hydrogens is 456 g/mol. The lowest BCUT2D eigenvalue weighted by atomic mass is 9.98. The van der Waals surface area contributed by atoms with Gasteiger partial charge in [-0.15, -0.1) is 0 Å². The highest BCUT2D eigenvalue weighted by molar-refractivity contribution is 6.66. The summed E-state index contributed by atoms with van der Waals surface area (Å²) < 4.78 is 17.4. The van der Waals surface area contributed by atoms with E-state index in [0.29, 0.717) is 0 Å². The van der Waals surface area contributed by atoms with Crippen molar-refractivity contribution in [3.05, 3.63) is 84.1 Å². The lowest BCUT2D eigenvalue weighted by Gasteiger charge is -2.31. The highest BCUT2D eigenvalue weighted by Crippen LogP contribution is 2.31. The van der Waals surface area contributed by atoms with Gasteiger partial charge in [0.05, 0.1) is 0 Å². The van der Waals surface area contributed by atoms with E-state index in [0.717, 1.165) is 11.1 Å². The van der Waals surface area contributed by atoms with Crippen molar-refractivity contribution in [2.75, 3.05) is 0 Å². The zero-order valence-corrected chi connectivity index (χ0v) is 24.3. The minimum Gasteiger partial charge on any atom is -0.368 e. The molecular formula is C29H46O5Si. The lowest BCUT2D eigenvalue weighted by molar-refractivity contribution is -0.410. The number of rotatable bonds is 12. The molecule has 0 heterocycles. The highest BCUT2D eigenvalue weighted by Gasteiger charge is 2.41. The molecule has 0 aromatic heterocycles. The molecule has 2 aromatic rings. The van der Waals surface area contributed by atoms with E-state index in [-0.39, 0.29) is 18.3 Å². The molecule has 0 N–H and O–H groups in total. The van der Waals surface area contributed by atoms with E-state index in [9.17, 15) is 0 Å². The van der Waals surface area contributed by atoms with Gasteiger partial charge in [-0.05, 0) is 86.1 Å². The predicted octanol–water partition coefficient (Wildman–Crippen LogP) is 7.73. The first-order valence-electron chi connectivity index (χ1n) is 12.4. The van der Waals surface area contributed by atoms with Crippen molar-refractivity contribution in [1.29, 1.82) is 0 Å². The van der Waals surface area contributed by atoms with Crippen LogP contribution in [-0.4, -0.2) is 27.1 Å². The van der Waals surface area contributed by atoms with E-state index in [1.807, 2.05) is 130 Å². The third-order valence-electron chi connectivity index (χ3n) is 4.85. The van der Waals surface area contributed by atoms with Gasteiger partial charge in [0, 0.05) is 18.3 Å². The number of benzene rings is 2. The van der Waals surface area contributed by atoms with Crippen molar-refractivity contribution in [3.8, 4) is 0 Å². The molecule has 0 aliphatic heterocycles. The van der Waals surface area contributed by atoms with Crippen molar-refractivity contribution < 1.29 is 23.1 Å². The Morgan fingerprint density at radius 1 is 0.600 bits per heavy atom. The molecule has 2 aromatic carbocycles. The molecule has 2 rings (SSSR count). The molecule has 0 saturated heterocycles. The van der Waals surface area contributed by atoms with Crippen LogP contribution in [0.25, 0.3) is 0 Å². The van der Waals surface area contributed by atoms with Crippen LogP contribution in [0.15, 0.2) is 72.9 Å². The maximum Gasteiger partial charge on any atom is 0.529 e. The van der Waals surface area contributed by atoms with Gasteiger partial charge in [0.1, 0.15) is 11.2 Å². The molecule has 0 saturated carbocycles. The van der Waals surface area contributed by atoms with Crippen LogP contribution < -0.4 is 0 Å². The zero-order valence-electron chi connectivity index (χ0n) is 23.3. The van der Waals surface area contributed by atoms with E-state index in [2.05, 4.69) is 6.58 Å². The van der Waals surface area contributed by atoms with Gasteiger partial charge in [-0.25, -0.2) is 9.78 Å². The summed E-state index contributed by atoms with van der Waals surface area (Å²) in [6, 6.07) is 20.2. The fourth-order valence-corrected chi connectivity index (χ4v) is 5.62. The highest BCUT2D eigenvalue weighted by atomic mass is 28.4. The van der Waals surface area contributed by atoms with Gasteiger partial charge in [-0.3, -0.25) is 0 Å². The van der Waals surface area contributed by atoms with E-state index >= 15 is 0 Å². The molecule has 0 unspecified atom stereocenters. The van der Waals surface area contributed by atoms with Crippen molar-refractivity contribution in [3.63, 3.8) is 0 Å². The maximum atomic E-state index is 5.79. The zero-order chi connectivity index (χ0) is 26.7. The Kier molecular flexibility index (Phi) is 12.6. The number of hydrogen-bond donors (Lipinski definition) is 0. The second kappa shape index (κ2) is 14.1. The molecule has 35 heavy (non-hydrogen) atoms. The minimum absolute atomic E-state index is 0.0761. The third-order valence-corrected chi connectivity index (χ3v) is 7.75. The van der Waals surface area contributed by atoms with Crippen LogP contribution >= 0.6 is 0 Å². The first-order valence-corrected chi connectivity index (χ1v) is 14.2. The molecule has 0 amide bonds. The number of hydrogen-bond acceptors (Lipinski definition) is 5. The van der Waals surface area contributed by atoms with Gasteiger partial charge >= 0.3 is 8.80 Å². The molecule has 0 aliphatic rings. The average Bonchev–Trinajstić information content (AvgIpc) is 2.78. The van der Waals surface area contributed by atoms with Gasteiger partial charge in [-0.2, -0.15) is 0 Å². The SMILES string of the molecule is C=C[Si](OC(C)C)(OC(C)C)OC(C)C.CC(C)(OOC(C)(C)c1ccccc1)c1ccccc1. The average molecular weight is 503 g/mol. The molecule has 6 heteroatoms. The van der Waals surface area contributed by atoms with Gasteiger partial charge in [0.15, 0.2) is 0 Å². The topological polar surface area (TPSA) is 46.2 Å². The summed E-state index contributed by atoms with van der Waals surface area (Å²) in [7, 11) is -2.69. The third kappa shape index (κ3) is 11.2. The van der Waals surface area contributed by atoms with Crippen LogP contribution in [0, 0.1) is 0 Å². The standard InChI is InChI=1S/C18H22O2.C11H24O3Si/c1-17(2,15-11-7-5-8-12-15)19-20-18(3,4)16-13-9-6-10-14-16;1-8-15(12-9(2)3,13-10(4)5)14-11(6)7/h5-14H,1-4H3;8-11H,1H2,2-7H3. The van der Waals surface area contributed by atoms with Crippen LogP contribution in [0.2, 0.25) is 0 Å². The van der Waals surface area contributed by atoms with Crippen molar-refractivity contribution in [1.82, 2.24) is 0 Å². The Hall–Kier alpha value is -1.80. The minimum atomic E-state index is -2.69. The smallest absolute Gasteiger partial charge is 0.368 e.